The van der Waals surface area contributed by atoms with Gasteiger partial charge in [-0.15, -0.1) is 0 Å². The van der Waals surface area contributed by atoms with Crippen molar-refractivity contribution < 1.29 is 9.59 Å². The second-order valence-electron chi connectivity index (χ2n) is 8.94. The zero-order valence-electron chi connectivity index (χ0n) is 17.2. The molecule has 5 nitrogen and oxygen atoms in total. The molecular formula is C25H21N3O2. The summed E-state index contributed by atoms with van der Waals surface area (Å²) in [5, 5.41) is 9.64. The van der Waals surface area contributed by atoms with Gasteiger partial charge in [-0.05, 0) is 36.3 Å². The van der Waals surface area contributed by atoms with Gasteiger partial charge in [-0.1, -0.05) is 38.8 Å². The number of hydrogen-bond donors (Lipinski definition) is 0. The quantitative estimate of drug-likeness (QED) is 0.457. The molecule has 1 fully saturated rings. The molecule has 3 unspecified atom stereocenters. The Kier molecular flexibility index (Phi) is 4.48. The summed E-state index contributed by atoms with van der Waals surface area (Å²) < 4.78 is 0. The van der Waals surface area contributed by atoms with Gasteiger partial charge in [0.1, 0.15) is 11.6 Å². The van der Waals surface area contributed by atoms with Crippen molar-refractivity contribution in [3.63, 3.8) is 0 Å². The van der Waals surface area contributed by atoms with E-state index in [2.05, 4.69) is 21.7 Å². The molecule has 0 saturated heterocycles. The van der Waals surface area contributed by atoms with Crippen LogP contribution in [0, 0.1) is 52.4 Å². The fourth-order valence-electron chi connectivity index (χ4n) is 5.50. The van der Waals surface area contributed by atoms with Crippen molar-refractivity contribution in [3.8, 4) is 17.9 Å². The maximum absolute atomic E-state index is 12.9. The standard InChI is InChI=1S/C25H21N3O2/c1-24(2)22-10-9-17-16(8-7-15-6-5-11-28-15)18(14-26)21(29)12-19(17)25(22,3)13-20(27-4)23(24)30/h5,11-13,17,22H,6,9-10H2,1-3H3. The smallest absolute Gasteiger partial charge is 0.226 e. The SMILES string of the molecule is [C-]#[N+]C1=CC2(C)C3=CC(=O)C(C#N)=C(C#CC4=NC=CC4)C3CCC2C(C)(C)C1=O. The van der Waals surface area contributed by atoms with E-state index in [-0.39, 0.29) is 34.7 Å². The van der Waals surface area contributed by atoms with Gasteiger partial charge >= 0.3 is 0 Å². The molecule has 4 aliphatic rings. The molecule has 0 aromatic carbocycles. The highest BCUT2D eigenvalue weighted by atomic mass is 16.1. The van der Waals surface area contributed by atoms with Gasteiger partial charge < -0.3 is 4.79 Å². The Morgan fingerprint density at radius 3 is 2.63 bits per heavy atom. The minimum absolute atomic E-state index is 0.0282. The second-order valence-corrected chi connectivity index (χ2v) is 8.94. The van der Waals surface area contributed by atoms with E-state index in [0.29, 0.717) is 24.1 Å². The van der Waals surface area contributed by atoms with E-state index >= 15 is 0 Å². The van der Waals surface area contributed by atoms with E-state index in [1.54, 1.807) is 18.4 Å². The van der Waals surface area contributed by atoms with Gasteiger partial charge in [0.15, 0.2) is 11.6 Å². The number of hydrogen-bond acceptors (Lipinski definition) is 4. The highest BCUT2D eigenvalue weighted by Crippen LogP contribution is 2.60. The van der Waals surface area contributed by atoms with E-state index in [4.69, 9.17) is 6.57 Å². The number of carbonyl (C=O) groups is 2. The molecule has 148 valence electrons. The Bertz CT molecular complexity index is 1180. The van der Waals surface area contributed by atoms with Crippen LogP contribution in [0.5, 0.6) is 0 Å². The Morgan fingerprint density at radius 1 is 1.23 bits per heavy atom. The summed E-state index contributed by atoms with van der Waals surface area (Å²) in [7, 11) is 0. The van der Waals surface area contributed by atoms with Crippen molar-refractivity contribution >= 4 is 17.3 Å². The monoisotopic (exact) mass is 395 g/mol. The lowest BCUT2D eigenvalue weighted by molar-refractivity contribution is -0.129. The molecule has 0 aromatic rings. The van der Waals surface area contributed by atoms with Crippen LogP contribution in [0.3, 0.4) is 0 Å². The van der Waals surface area contributed by atoms with E-state index in [0.717, 1.165) is 12.0 Å². The fraction of sp³-hybridized carbons (Fsp3) is 0.400. The largest absolute Gasteiger partial charge is 0.307 e. The normalized spacial score (nSPS) is 31.3. The number of rotatable bonds is 0. The molecular weight excluding hydrogens is 374 g/mol. The highest BCUT2D eigenvalue weighted by molar-refractivity contribution is 6.11. The summed E-state index contributed by atoms with van der Waals surface area (Å²) >= 11 is 0. The van der Waals surface area contributed by atoms with Crippen molar-refractivity contribution in [2.45, 2.75) is 40.0 Å². The first-order valence-corrected chi connectivity index (χ1v) is 10.0. The van der Waals surface area contributed by atoms with Gasteiger partial charge in [0.2, 0.25) is 5.70 Å². The molecule has 0 bridgehead atoms. The zero-order valence-corrected chi connectivity index (χ0v) is 17.2. The molecule has 3 atom stereocenters. The lowest BCUT2D eigenvalue weighted by Gasteiger charge is -2.54. The lowest BCUT2D eigenvalue weighted by atomic mass is 9.48. The van der Waals surface area contributed by atoms with Gasteiger partial charge in [0, 0.05) is 34.9 Å². The van der Waals surface area contributed by atoms with Gasteiger partial charge in [-0.2, -0.15) is 5.26 Å². The number of Topliss-reactive ketones (excluding diaryl/α,β-unsaturated/α-hetero) is 1. The maximum Gasteiger partial charge on any atom is 0.226 e. The summed E-state index contributed by atoms with van der Waals surface area (Å²) in [5.41, 5.74) is 1.01. The Labute approximate surface area is 176 Å². The second kappa shape index (κ2) is 6.79. The molecule has 0 aromatic heterocycles. The summed E-state index contributed by atoms with van der Waals surface area (Å²) in [5.74, 6) is 5.42. The Hall–Kier alpha value is -3.49. The van der Waals surface area contributed by atoms with Crippen LogP contribution < -0.4 is 0 Å². The molecule has 30 heavy (non-hydrogen) atoms. The predicted octanol–water partition coefficient (Wildman–Crippen LogP) is 4.12. The average Bonchev–Trinajstić information content (AvgIpc) is 3.23. The summed E-state index contributed by atoms with van der Waals surface area (Å²) in [6.45, 7) is 13.3. The van der Waals surface area contributed by atoms with Gasteiger partial charge in [0.25, 0.3) is 0 Å². The Balaban J connectivity index is 1.86. The van der Waals surface area contributed by atoms with Crippen LogP contribution in [0.1, 0.15) is 40.0 Å². The Morgan fingerprint density at radius 2 is 2.00 bits per heavy atom. The van der Waals surface area contributed by atoms with E-state index in [1.165, 1.54) is 0 Å². The fourth-order valence-corrected chi connectivity index (χ4v) is 5.50. The summed E-state index contributed by atoms with van der Waals surface area (Å²) in [6.07, 6.45) is 9.01. The first-order valence-electron chi connectivity index (χ1n) is 10.0. The van der Waals surface area contributed by atoms with Gasteiger partial charge in [0.05, 0.1) is 12.3 Å². The van der Waals surface area contributed by atoms with E-state index < -0.39 is 10.8 Å². The van der Waals surface area contributed by atoms with Gasteiger partial charge in [-0.25, -0.2) is 4.85 Å². The van der Waals surface area contributed by atoms with Crippen molar-refractivity contribution in [1.82, 2.24) is 0 Å². The molecule has 3 aliphatic carbocycles. The summed E-state index contributed by atoms with van der Waals surface area (Å²) in [6, 6.07) is 2.05. The highest BCUT2D eigenvalue weighted by Gasteiger charge is 2.56. The first kappa shape index (κ1) is 19.8. The molecule has 0 amide bonds. The number of nitrogens with zero attached hydrogens (tertiary/aromatic N) is 3. The first-order chi connectivity index (χ1) is 14.2. The predicted molar refractivity (Wildman–Crippen MR) is 112 cm³/mol. The minimum Gasteiger partial charge on any atom is -0.307 e. The molecule has 1 saturated carbocycles. The van der Waals surface area contributed by atoms with E-state index in [1.807, 2.05) is 32.9 Å². The van der Waals surface area contributed by atoms with Gasteiger partial charge in [-0.3, -0.25) is 9.79 Å². The maximum atomic E-state index is 12.9. The van der Waals surface area contributed by atoms with Crippen LogP contribution in [0.15, 0.2) is 51.8 Å². The third kappa shape index (κ3) is 2.72. The van der Waals surface area contributed by atoms with Crippen LogP contribution in [0.2, 0.25) is 0 Å². The lowest BCUT2D eigenvalue weighted by Crippen LogP contribution is -2.51. The molecule has 1 aliphatic heterocycles. The zero-order chi connectivity index (χ0) is 21.7. The molecule has 0 radical (unpaired) electrons. The van der Waals surface area contributed by atoms with Crippen molar-refractivity contribution in [3.05, 3.63) is 58.3 Å². The number of fused-ring (bicyclic) bond motifs is 3. The van der Waals surface area contributed by atoms with Crippen LogP contribution in [-0.2, 0) is 9.59 Å². The molecule has 4 rings (SSSR count). The topological polar surface area (TPSA) is 74.7 Å². The van der Waals surface area contributed by atoms with Crippen LogP contribution in [-0.4, -0.2) is 17.3 Å². The van der Waals surface area contributed by atoms with E-state index in [9.17, 15) is 14.9 Å². The molecule has 5 heteroatoms. The summed E-state index contributed by atoms with van der Waals surface area (Å²) in [4.78, 5) is 33.4. The number of allylic oxidation sites excluding steroid dienone is 7. The van der Waals surface area contributed by atoms with Crippen LogP contribution in [0.25, 0.3) is 4.85 Å². The third-order valence-electron chi connectivity index (χ3n) is 6.96. The van der Waals surface area contributed by atoms with Crippen LogP contribution >= 0.6 is 0 Å². The number of carbonyl (C=O) groups excluding carboxylic acids is 2. The molecule has 0 N–H and O–H groups in total. The molecule has 1 heterocycles. The van der Waals surface area contributed by atoms with Crippen LogP contribution in [0.4, 0.5) is 0 Å². The van der Waals surface area contributed by atoms with Crippen molar-refractivity contribution in [1.29, 1.82) is 5.26 Å². The number of aliphatic imine (C=N–C) groups is 1. The number of nitriles is 1. The third-order valence-corrected chi connectivity index (χ3v) is 6.96. The average molecular weight is 395 g/mol. The van der Waals surface area contributed by atoms with Crippen molar-refractivity contribution in [2.75, 3.05) is 0 Å². The van der Waals surface area contributed by atoms with Crippen molar-refractivity contribution in [2.24, 2.45) is 27.7 Å². The number of ketones is 2. The minimum atomic E-state index is -0.701. The molecule has 0 spiro atoms.